The van der Waals surface area contributed by atoms with Gasteiger partial charge in [-0.05, 0) is 0 Å². The Labute approximate surface area is 171 Å². The van der Waals surface area contributed by atoms with E-state index in [1.165, 1.54) is 4.57 Å². The van der Waals surface area contributed by atoms with Crippen LogP contribution in [-0.4, -0.2) is 74.2 Å². The van der Waals surface area contributed by atoms with E-state index >= 15 is 0 Å². The Morgan fingerprint density at radius 3 is 2.39 bits per heavy atom. The van der Waals surface area contributed by atoms with Gasteiger partial charge in [0, 0.05) is 0 Å². The fraction of sp³-hybridized carbons (Fsp3) is 0.500. The monoisotopic (exact) mass is 507 g/mol. The highest BCUT2D eigenvalue weighted by molar-refractivity contribution is 7.66. The fourth-order valence-electron chi connectivity index (χ4n) is 2.74. The van der Waals surface area contributed by atoms with Gasteiger partial charge in [0.15, 0.2) is 17.7 Å². The molecule has 2 aromatic heterocycles. The van der Waals surface area contributed by atoms with Crippen molar-refractivity contribution in [1.82, 2.24) is 19.5 Å². The first kappa shape index (κ1) is 24.3. The fourth-order valence-corrected chi connectivity index (χ4v) is 5.96. The van der Waals surface area contributed by atoms with Gasteiger partial charge in [0.1, 0.15) is 30.2 Å². The zero-order valence-corrected chi connectivity index (χ0v) is 17.6. The summed E-state index contributed by atoms with van der Waals surface area (Å²) in [6.07, 6.45) is -4.20. The maximum atomic E-state index is 12.1. The second kappa shape index (κ2) is 8.53. The minimum absolute atomic E-state index is 0.0137. The summed E-state index contributed by atoms with van der Waals surface area (Å²) in [7, 11) is -17.0. The molecule has 0 aromatic carbocycles. The third-order valence-corrected chi connectivity index (χ3v) is 7.66. The van der Waals surface area contributed by atoms with Crippen molar-refractivity contribution >= 4 is 40.4 Å². The maximum Gasteiger partial charge on any atom is 0.490 e. The molecule has 0 saturated carbocycles. The maximum absolute atomic E-state index is 12.1. The van der Waals surface area contributed by atoms with E-state index in [2.05, 4.69) is 28.1 Å². The van der Waals surface area contributed by atoms with Crippen molar-refractivity contribution in [2.45, 2.75) is 24.5 Å². The number of rotatable bonds is 8. The molecule has 1 aliphatic rings. The van der Waals surface area contributed by atoms with Crippen LogP contribution < -0.4 is 5.73 Å². The minimum atomic E-state index is -5.77. The second-order valence-electron chi connectivity index (χ2n) is 5.98. The number of nitrogens with zero attached hydrogens (tertiary/aromatic N) is 4. The summed E-state index contributed by atoms with van der Waals surface area (Å²) < 4.78 is 52.6. The van der Waals surface area contributed by atoms with E-state index in [-0.39, 0.29) is 17.0 Å². The third-order valence-electron chi connectivity index (χ3n) is 3.82. The van der Waals surface area contributed by atoms with Gasteiger partial charge in [-0.25, -0.2) is 28.6 Å². The van der Waals surface area contributed by atoms with Gasteiger partial charge >= 0.3 is 23.5 Å². The van der Waals surface area contributed by atoms with E-state index in [4.69, 9.17) is 20.3 Å². The minimum Gasteiger partial charge on any atom is -0.394 e. The number of phosphoric acid groups is 3. The van der Waals surface area contributed by atoms with Crippen molar-refractivity contribution in [3.63, 3.8) is 0 Å². The van der Waals surface area contributed by atoms with Gasteiger partial charge in [-0.1, -0.05) is 0 Å². The van der Waals surface area contributed by atoms with E-state index < -0.39 is 54.6 Å². The molecular weight excluding hydrogens is 491 g/mol. The molecule has 31 heavy (non-hydrogen) atoms. The first-order valence-corrected chi connectivity index (χ1v) is 12.4. The number of nitrogen functional groups attached to an aromatic ring is 1. The standard InChI is InChI=1S/C10H16N5O13P3/c11-8-5-9(13-2-12-8)15(3-14-5)10-6(17)7(4(1-16)25-10)26-30(21,22)28-31(23,24)27-29(18,19)20/h2-4,6-7,10,16-17H,1H2,(H,21,22)(H,23,24)(H2,11,12,13)(H2,18,19,20)/t4-,6?,7?,10-/m1/s1. The lowest BCUT2D eigenvalue weighted by Gasteiger charge is -2.23. The SMILES string of the molecule is Nc1ncnc2c1ncn2[C@@H]1O[C@H](CO)C(OP(=O)(O)OP(=O)(O)OP(=O)(O)O)C1O. The molecule has 4 unspecified atom stereocenters. The molecule has 0 aliphatic carbocycles. The first-order chi connectivity index (χ1) is 14.2. The van der Waals surface area contributed by atoms with Gasteiger partial charge in [0.2, 0.25) is 0 Å². The van der Waals surface area contributed by atoms with Gasteiger partial charge in [-0.15, -0.1) is 0 Å². The number of imidazole rings is 1. The predicted molar refractivity (Wildman–Crippen MR) is 95.5 cm³/mol. The van der Waals surface area contributed by atoms with Crippen molar-refractivity contribution < 1.29 is 61.4 Å². The molecule has 8 N–H and O–H groups in total. The summed E-state index contributed by atoms with van der Waals surface area (Å²) in [6.45, 7) is -0.849. The lowest BCUT2D eigenvalue weighted by molar-refractivity contribution is -0.0509. The Bertz CT molecular complexity index is 1100. The molecule has 6 atom stereocenters. The van der Waals surface area contributed by atoms with E-state index in [9.17, 15) is 33.7 Å². The highest BCUT2D eigenvalue weighted by atomic mass is 31.3. The molecule has 0 amide bonds. The molecule has 18 nitrogen and oxygen atoms in total. The molecule has 0 radical (unpaired) electrons. The van der Waals surface area contributed by atoms with Crippen molar-refractivity contribution in [3.05, 3.63) is 12.7 Å². The molecule has 21 heteroatoms. The smallest absolute Gasteiger partial charge is 0.394 e. The third kappa shape index (κ3) is 5.53. The van der Waals surface area contributed by atoms with E-state index in [1.54, 1.807) is 0 Å². The highest BCUT2D eigenvalue weighted by Gasteiger charge is 2.51. The van der Waals surface area contributed by atoms with Crippen LogP contribution in [0.25, 0.3) is 11.2 Å². The lowest BCUT2D eigenvalue weighted by Crippen LogP contribution is -2.35. The highest BCUT2D eigenvalue weighted by Crippen LogP contribution is 2.67. The summed E-state index contributed by atoms with van der Waals surface area (Å²) in [5.41, 5.74) is 5.92. The molecule has 1 fully saturated rings. The lowest BCUT2D eigenvalue weighted by atomic mass is 10.1. The van der Waals surface area contributed by atoms with Gasteiger partial charge in [-0.2, -0.15) is 8.62 Å². The van der Waals surface area contributed by atoms with Crippen molar-refractivity contribution in [1.29, 1.82) is 0 Å². The van der Waals surface area contributed by atoms with Crippen LogP contribution in [0.5, 0.6) is 0 Å². The number of hydrogen-bond donors (Lipinski definition) is 7. The van der Waals surface area contributed by atoms with Crippen LogP contribution >= 0.6 is 23.5 Å². The number of nitrogens with two attached hydrogens (primary N) is 1. The molecule has 0 bridgehead atoms. The van der Waals surface area contributed by atoms with Crippen molar-refractivity contribution in [3.8, 4) is 0 Å². The zero-order valence-electron chi connectivity index (χ0n) is 14.9. The van der Waals surface area contributed by atoms with Crippen LogP contribution in [-0.2, 0) is 31.6 Å². The number of phosphoric ester groups is 1. The van der Waals surface area contributed by atoms with Crippen LogP contribution in [0.1, 0.15) is 6.23 Å². The molecule has 2 aromatic rings. The number of ether oxygens (including phenoxy) is 1. The number of hydrogen-bond acceptors (Lipinski definition) is 13. The molecule has 3 rings (SSSR count). The summed E-state index contributed by atoms with van der Waals surface area (Å²) in [5, 5.41) is 20.0. The van der Waals surface area contributed by atoms with Gasteiger partial charge in [-0.3, -0.25) is 9.09 Å². The molecule has 0 spiro atoms. The molecule has 1 saturated heterocycles. The first-order valence-electron chi connectivity index (χ1n) is 7.92. The van der Waals surface area contributed by atoms with Gasteiger partial charge in [0.05, 0.1) is 12.9 Å². The number of aliphatic hydroxyl groups is 2. The Hall–Kier alpha value is -1.36. The zero-order chi connectivity index (χ0) is 23.2. The quantitative estimate of drug-likeness (QED) is 0.197. The van der Waals surface area contributed by atoms with Gasteiger partial charge in [0.25, 0.3) is 0 Å². The van der Waals surface area contributed by atoms with E-state index in [1.807, 2.05) is 0 Å². The molecule has 1 aliphatic heterocycles. The number of aromatic nitrogens is 4. The average Bonchev–Trinajstić information content (AvgIpc) is 3.14. The summed E-state index contributed by atoms with van der Waals surface area (Å²) in [4.78, 5) is 47.7. The summed E-state index contributed by atoms with van der Waals surface area (Å²) in [6, 6.07) is 0. The normalized spacial score (nSPS) is 28.5. The van der Waals surface area contributed by atoms with Crippen LogP contribution in [0, 0.1) is 0 Å². The second-order valence-corrected chi connectivity index (χ2v) is 10.4. The Kier molecular flexibility index (Phi) is 6.68. The Morgan fingerprint density at radius 2 is 1.77 bits per heavy atom. The van der Waals surface area contributed by atoms with Crippen LogP contribution in [0.3, 0.4) is 0 Å². The van der Waals surface area contributed by atoms with Crippen LogP contribution in [0.15, 0.2) is 12.7 Å². The number of fused-ring (bicyclic) bond motifs is 1. The summed E-state index contributed by atoms with van der Waals surface area (Å²) in [5.74, 6) is 0.0137. The number of aliphatic hydroxyl groups excluding tert-OH is 2. The van der Waals surface area contributed by atoms with Crippen molar-refractivity contribution in [2.75, 3.05) is 12.3 Å². The Balaban J connectivity index is 1.83. The van der Waals surface area contributed by atoms with E-state index in [0.29, 0.717) is 0 Å². The van der Waals surface area contributed by atoms with Crippen LogP contribution in [0.4, 0.5) is 5.82 Å². The van der Waals surface area contributed by atoms with Gasteiger partial charge < -0.3 is 40.3 Å². The Morgan fingerprint density at radius 1 is 1.10 bits per heavy atom. The predicted octanol–water partition coefficient (Wildman–Crippen LogP) is -1.63. The largest absolute Gasteiger partial charge is 0.490 e. The molecule has 174 valence electrons. The number of anilines is 1. The topological polar surface area (TPSA) is 279 Å². The van der Waals surface area contributed by atoms with Crippen molar-refractivity contribution in [2.24, 2.45) is 0 Å². The molecule has 3 heterocycles. The summed E-state index contributed by atoms with van der Waals surface area (Å²) >= 11 is 0. The van der Waals surface area contributed by atoms with E-state index in [0.717, 1.165) is 12.7 Å². The van der Waals surface area contributed by atoms with Crippen LogP contribution in [0.2, 0.25) is 0 Å². The average molecular weight is 507 g/mol. The molecular formula is C10H16N5O13P3.